The van der Waals surface area contributed by atoms with E-state index in [-0.39, 0.29) is 18.4 Å². The molecule has 1 aromatic carbocycles. The maximum atomic E-state index is 12.2. The van der Waals surface area contributed by atoms with Gasteiger partial charge in [0.05, 0.1) is 0 Å². The minimum atomic E-state index is 0.000928. The van der Waals surface area contributed by atoms with Gasteiger partial charge in [-0.25, -0.2) is 0 Å². The fourth-order valence-electron chi connectivity index (χ4n) is 3.06. The van der Waals surface area contributed by atoms with Gasteiger partial charge in [-0.3, -0.25) is 9.59 Å². The fourth-order valence-corrected chi connectivity index (χ4v) is 3.06. The number of benzene rings is 1. The average Bonchev–Trinajstić information content (AvgIpc) is 2.99. The van der Waals surface area contributed by atoms with Crippen molar-refractivity contribution in [2.24, 2.45) is 0 Å². The van der Waals surface area contributed by atoms with Gasteiger partial charge in [-0.1, -0.05) is 6.07 Å². The molecule has 0 aromatic heterocycles. The monoisotopic (exact) mass is 317 g/mol. The van der Waals surface area contributed by atoms with Gasteiger partial charge in [0.15, 0.2) is 6.61 Å². The van der Waals surface area contributed by atoms with E-state index in [9.17, 15) is 9.59 Å². The van der Waals surface area contributed by atoms with E-state index < -0.39 is 0 Å². The zero-order valence-electron chi connectivity index (χ0n) is 13.5. The van der Waals surface area contributed by atoms with Crippen LogP contribution >= 0.6 is 0 Å². The Labute approximate surface area is 136 Å². The molecule has 23 heavy (non-hydrogen) atoms. The number of nitrogens with one attached hydrogen (secondary N) is 1. The van der Waals surface area contributed by atoms with Gasteiger partial charge in [-0.2, -0.15) is 0 Å². The van der Waals surface area contributed by atoms with Crippen LogP contribution in [0.4, 0.5) is 5.69 Å². The second kappa shape index (κ2) is 7.00. The highest BCUT2D eigenvalue weighted by atomic mass is 16.5. The van der Waals surface area contributed by atoms with Crippen LogP contribution < -0.4 is 15.0 Å². The van der Waals surface area contributed by atoms with Crippen LogP contribution in [0, 0.1) is 0 Å². The number of anilines is 1. The molecule has 2 heterocycles. The van der Waals surface area contributed by atoms with E-state index in [0.717, 1.165) is 31.7 Å². The zero-order chi connectivity index (χ0) is 16.2. The Balaban J connectivity index is 1.58. The van der Waals surface area contributed by atoms with Gasteiger partial charge in [-0.05, 0) is 25.5 Å². The topological polar surface area (TPSA) is 61.9 Å². The van der Waals surface area contributed by atoms with Crippen LogP contribution in [0.5, 0.6) is 5.75 Å². The maximum Gasteiger partial charge on any atom is 0.260 e. The predicted molar refractivity (Wildman–Crippen MR) is 87.6 cm³/mol. The molecule has 6 heteroatoms. The fraction of sp³-hybridized carbons (Fsp3) is 0.529. The maximum absolute atomic E-state index is 12.2. The Bertz CT molecular complexity index is 590. The van der Waals surface area contributed by atoms with Crippen molar-refractivity contribution in [3.05, 3.63) is 24.3 Å². The quantitative estimate of drug-likeness (QED) is 0.900. The molecule has 0 bridgehead atoms. The van der Waals surface area contributed by atoms with Crippen molar-refractivity contribution in [2.45, 2.75) is 25.8 Å². The van der Waals surface area contributed by atoms with Gasteiger partial charge in [0.25, 0.3) is 5.91 Å². The third-order valence-corrected chi connectivity index (χ3v) is 4.29. The number of hydrogen-bond acceptors (Lipinski definition) is 4. The summed E-state index contributed by atoms with van der Waals surface area (Å²) in [6.07, 6.45) is 1.49. The van der Waals surface area contributed by atoms with Gasteiger partial charge in [-0.15, -0.1) is 0 Å². The lowest BCUT2D eigenvalue weighted by Crippen LogP contribution is -2.52. The molecule has 1 atom stereocenters. The number of hydrogen-bond donors (Lipinski definition) is 1. The first kappa shape index (κ1) is 15.8. The van der Waals surface area contributed by atoms with Crippen molar-refractivity contribution in [3.63, 3.8) is 0 Å². The highest BCUT2D eigenvalue weighted by Crippen LogP contribution is 2.25. The van der Waals surface area contributed by atoms with E-state index in [0.29, 0.717) is 24.8 Å². The van der Waals surface area contributed by atoms with Crippen molar-refractivity contribution < 1.29 is 14.3 Å². The molecule has 0 radical (unpaired) electrons. The summed E-state index contributed by atoms with van der Waals surface area (Å²) in [6, 6.07) is 7.72. The lowest BCUT2D eigenvalue weighted by Gasteiger charge is -2.31. The lowest BCUT2D eigenvalue weighted by molar-refractivity contribution is -0.134. The summed E-state index contributed by atoms with van der Waals surface area (Å²) in [4.78, 5) is 27.6. The van der Waals surface area contributed by atoms with E-state index in [4.69, 9.17) is 4.74 Å². The van der Waals surface area contributed by atoms with Crippen LogP contribution in [-0.2, 0) is 9.59 Å². The van der Waals surface area contributed by atoms with Crippen LogP contribution in [0.2, 0.25) is 0 Å². The first-order valence-electron chi connectivity index (χ1n) is 8.18. The number of piperazine rings is 1. The molecule has 3 rings (SSSR count). The van der Waals surface area contributed by atoms with Gasteiger partial charge >= 0.3 is 0 Å². The summed E-state index contributed by atoms with van der Waals surface area (Å²) in [5, 5.41) is 3.31. The minimum absolute atomic E-state index is 0.000928. The first-order valence-corrected chi connectivity index (χ1v) is 8.18. The van der Waals surface area contributed by atoms with Crippen molar-refractivity contribution in [3.8, 4) is 5.75 Å². The van der Waals surface area contributed by atoms with E-state index in [1.807, 2.05) is 29.2 Å². The largest absolute Gasteiger partial charge is 0.484 e. The second-order valence-electron chi connectivity index (χ2n) is 6.13. The third-order valence-electron chi connectivity index (χ3n) is 4.29. The van der Waals surface area contributed by atoms with E-state index >= 15 is 0 Å². The van der Waals surface area contributed by atoms with Crippen molar-refractivity contribution in [1.29, 1.82) is 0 Å². The van der Waals surface area contributed by atoms with E-state index in [1.54, 1.807) is 4.90 Å². The molecule has 2 saturated heterocycles. The highest BCUT2D eigenvalue weighted by Gasteiger charge is 2.23. The molecule has 1 unspecified atom stereocenters. The number of rotatable bonds is 4. The molecule has 0 saturated carbocycles. The molecular formula is C17H23N3O3. The normalized spacial score (nSPS) is 21.6. The van der Waals surface area contributed by atoms with Crippen LogP contribution in [0.1, 0.15) is 19.8 Å². The first-order chi connectivity index (χ1) is 11.1. The zero-order valence-corrected chi connectivity index (χ0v) is 13.5. The minimum Gasteiger partial charge on any atom is -0.484 e. The Morgan fingerprint density at radius 1 is 1.39 bits per heavy atom. The number of nitrogens with zero attached hydrogens (tertiary/aromatic N) is 2. The van der Waals surface area contributed by atoms with Crippen molar-refractivity contribution >= 4 is 17.5 Å². The van der Waals surface area contributed by atoms with Crippen molar-refractivity contribution in [1.82, 2.24) is 10.2 Å². The molecule has 0 spiro atoms. The summed E-state index contributed by atoms with van der Waals surface area (Å²) in [5.74, 6) is 0.771. The Morgan fingerprint density at radius 3 is 3.00 bits per heavy atom. The van der Waals surface area contributed by atoms with Gasteiger partial charge in [0.2, 0.25) is 5.91 Å². The molecule has 1 aromatic rings. The predicted octanol–water partition coefficient (Wildman–Crippen LogP) is 1.01. The standard InChI is InChI=1S/C17H23N3O3/c1-13-11-19(9-7-18-13)17(22)12-23-15-5-2-4-14(10-15)20-8-3-6-16(20)21/h2,4-5,10,13,18H,3,6-9,11-12H2,1H3. The van der Waals surface area contributed by atoms with Gasteiger partial charge < -0.3 is 19.9 Å². The van der Waals surface area contributed by atoms with Crippen molar-refractivity contribution in [2.75, 3.05) is 37.7 Å². The molecule has 0 aliphatic carbocycles. The Hall–Kier alpha value is -2.08. The van der Waals surface area contributed by atoms with Crippen LogP contribution in [0.25, 0.3) is 0 Å². The van der Waals surface area contributed by atoms with Crippen LogP contribution in [0.15, 0.2) is 24.3 Å². The summed E-state index contributed by atoms with van der Waals surface area (Å²) in [6.45, 7) is 5.10. The molecule has 2 aliphatic rings. The number of carbonyl (C=O) groups is 2. The molecule has 2 fully saturated rings. The summed E-state index contributed by atoms with van der Waals surface area (Å²) in [7, 11) is 0. The Morgan fingerprint density at radius 2 is 2.26 bits per heavy atom. The summed E-state index contributed by atoms with van der Waals surface area (Å²) >= 11 is 0. The molecule has 2 amide bonds. The highest BCUT2D eigenvalue weighted by molar-refractivity contribution is 5.95. The molecule has 124 valence electrons. The summed E-state index contributed by atoms with van der Waals surface area (Å²) in [5.41, 5.74) is 0.841. The number of carbonyl (C=O) groups excluding carboxylic acids is 2. The van der Waals surface area contributed by atoms with Gasteiger partial charge in [0, 0.05) is 50.4 Å². The number of ether oxygens (including phenoxy) is 1. The number of amides is 2. The van der Waals surface area contributed by atoms with Gasteiger partial charge in [0.1, 0.15) is 5.75 Å². The molecule has 6 nitrogen and oxygen atoms in total. The van der Waals surface area contributed by atoms with Crippen LogP contribution in [-0.4, -0.2) is 55.5 Å². The van der Waals surface area contributed by atoms with Crippen LogP contribution in [0.3, 0.4) is 0 Å². The van der Waals surface area contributed by atoms with E-state index in [2.05, 4.69) is 12.2 Å². The average molecular weight is 317 g/mol. The van der Waals surface area contributed by atoms with E-state index in [1.165, 1.54) is 0 Å². The molecular weight excluding hydrogens is 294 g/mol. The molecule has 2 aliphatic heterocycles. The second-order valence-corrected chi connectivity index (χ2v) is 6.13. The molecule has 1 N–H and O–H groups in total. The SMILES string of the molecule is CC1CN(C(=O)COc2cccc(N3CCCC3=O)c2)CCN1. The Kier molecular flexibility index (Phi) is 4.81. The third kappa shape index (κ3) is 3.82. The lowest BCUT2D eigenvalue weighted by atomic mass is 10.2. The smallest absolute Gasteiger partial charge is 0.260 e. The summed E-state index contributed by atoms with van der Waals surface area (Å²) < 4.78 is 5.64.